The van der Waals surface area contributed by atoms with Crippen LogP contribution in [-0.4, -0.2) is 25.3 Å². The third-order valence-corrected chi connectivity index (χ3v) is 4.01. The number of amides is 1. The van der Waals surface area contributed by atoms with Gasteiger partial charge in [0.15, 0.2) is 0 Å². The van der Waals surface area contributed by atoms with Crippen LogP contribution < -0.4 is 16.2 Å². The van der Waals surface area contributed by atoms with E-state index in [-0.39, 0.29) is 12.1 Å². The molecule has 110 valence electrons. The molecule has 1 aromatic carbocycles. The quantitative estimate of drug-likeness (QED) is 0.372. The summed E-state index contributed by atoms with van der Waals surface area (Å²) in [6.45, 7) is 1.44. The number of sulfonamides is 1. The van der Waals surface area contributed by atoms with Gasteiger partial charge in [-0.25, -0.2) is 13.1 Å². The molecule has 0 aliphatic carbocycles. The number of nitrogens with one attached hydrogen (secondary N) is 1. The third kappa shape index (κ3) is 3.90. The van der Waals surface area contributed by atoms with E-state index >= 15 is 0 Å². The van der Waals surface area contributed by atoms with Crippen LogP contribution in [0.15, 0.2) is 23.1 Å². The Labute approximate surface area is 115 Å². The van der Waals surface area contributed by atoms with E-state index in [1.807, 2.05) is 0 Å². The number of nitrogens with zero attached hydrogens (tertiary/aromatic N) is 1. The highest BCUT2D eigenvalue weighted by atomic mass is 32.2. The van der Waals surface area contributed by atoms with Gasteiger partial charge in [-0.2, -0.15) is 0 Å². The third-order valence-electron chi connectivity index (χ3n) is 2.36. The maximum absolute atomic E-state index is 12.1. The Morgan fingerprint density at radius 3 is 2.60 bits per heavy atom. The van der Waals surface area contributed by atoms with E-state index in [0.29, 0.717) is 0 Å². The number of nitrogen functional groups attached to an aromatic ring is 1. The van der Waals surface area contributed by atoms with Gasteiger partial charge in [0, 0.05) is 24.6 Å². The Kier molecular flexibility index (Phi) is 4.63. The number of hydrogen-bond acceptors (Lipinski definition) is 6. The fourth-order valence-electron chi connectivity index (χ4n) is 1.54. The van der Waals surface area contributed by atoms with Crippen LogP contribution in [0.1, 0.15) is 13.3 Å². The lowest BCUT2D eigenvalue weighted by Gasteiger charge is -2.13. The molecule has 0 saturated heterocycles. The molecule has 0 heterocycles. The van der Waals surface area contributed by atoms with Gasteiger partial charge in [0.1, 0.15) is 4.90 Å². The van der Waals surface area contributed by atoms with Crippen molar-refractivity contribution < 1.29 is 18.1 Å². The summed E-state index contributed by atoms with van der Waals surface area (Å²) in [5, 5.41) is 10.6. The molecule has 1 amide bonds. The number of carbonyl (C=O) groups is 1. The van der Waals surface area contributed by atoms with E-state index in [2.05, 4.69) is 4.72 Å². The minimum absolute atomic E-state index is 0.130. The summed E-state index contributed by atoms with van der Waals surface area (Å²) in [7, 11) is -4.08. The predicted molar refractivity (Wildman–Crippen MR) is 71.1 cm³/mol. The summed E-state index contributed by atoms with van der Waals surface area (Å²) < 4.78 is 26.3. The topological polar surface area (TPSA) is 158 Å². The Morgan fingerprint density at radius 1 is 1.50 bits per heavy atom. The van der Waals surface area contributed by atoms with Gasteiger partial charge in [-0.3, -0.25) is 14.9 Å². The summed E-state index contributed by atoms with van der Waals surface area (Å²) in [4.78, 5) is 20.2. The minimum Gasteiger partial charge on any atom is -0.398 e. The molecule has 5 N–H and O–H groups in total. The fraction of sp³-hybridized carbons (Fsp3) is 0.300. The van der Waals surface area contributed by atoms with Gasteiger partial charge in [0.25, 0.3) is 5.69 Å². The van der Waals surface area contributed by atoms with Crippen molar-refractivity contribution in [1.29, 1.82) is 0 Å². The van der Waals surface area contributed by atoms with E-state index in [1.54, 1.807) is 0 Å². The molecule has 0 spiro atoms. The van der Waals surface area contributed by atoms with Crippen LogP contribution >= 0.6 is 0 Å². The summed E-state index contributed by atoms with van der Waals surface area (Å²) >= 11 is 0. The highest BCUT2D eigenvalue weighted by Crippen LogP contribution is 2.24. The second-order valence-corrected chi connectivity index (χ2v) is 5.85. The molecule has 9 nitrogen and oxygen atoms in total. The van der Waals surface area contributed by atoms with E-state index in [0.717, 1.165) is 18.2 Å². The number of anilines is 1. The molecule has 20 heavy (non-hydrogen) atoms. The van der Waals surface area contributed by atoms with Gasteiger partial charge in [-0.15, -0.1) is 0 Å². The Morgan fingerprint density at radius 2 is 2.10 bits per heavy atom. The molecule has 0 bridgehead atoms. The van der Waals surface area contributed by atoms with Gasteiger partial charge < -0.3 is 11.5 Å². The van der Waals surface area contributed by atoms with Crippen molar-refractivity contribution in [3.05, 3.63) is 28.3 Å². The lowest BCUT2D eigenvalue weighted by Crippen LogP contribution is -2.36. The number of nitro benzene ring substituents is 1. The number of carbonyl (C=O) groups excluding carboxylic acids is 1. The number of primary amides is 1. The number of rotatable bonds is 6. The largest absolute Gasteiger partial charge is 0.398 e. The molecule has 1 aromatic rings. The van der Waals surface area contributed by atoms with Gasteiger partial charge >= 0.3 is 0 Å². The molecule has 1 atom stereocenters. The molecule has 0 fully saturated rings. The van der Waals surface area contributed by atoms with Crippen molar-refractivity contribution >= 4 is 27.3 Å². The maximum atomic E-state index is 12.1. The highest BCUT2D eigenvalue weighted by Gasteiger charge is 2.23. The van der Waals surface area contributed by atoms with Crippen molar-refractivity contribution in [3.8, 4) is 0 Å². The summed E-state index contributed by atoms with van der Waals surface area (Å²) in [6.07, 6.45) is -0.200. The SMILES string of the molecule is CC(CC(N)=O)NS(=O)(=O)c1cc([N+](=O)[O-])ccc1N. The van der Waals surface area contributed by atoms with Crippen molar-refractivity contribution in [1.82, 2.24) is 4.72 Å². The van der Waals surface area contributed by atoms with Crippen molar-refractivity contribution in [2.24, 2.45) is 5.73 Å². The molecule has 1 rings (SSSR count). The van der Waals surface area contributed by atoms with Crippen LogP contribution in [0.4, 0.5) is 11.4 Å². The van der Waals surface area contributed by atoms with Crippen LogP contribution in [0.2, 0.25) is 0 Å². The van der Waals surface area contributed by atoms with E-state index in [1.165, 1.54) is 6.92 Å². The molecule has 0 aliphatic heterocycles. The number of hydrogen-bond donors (Lipinski definition) is 3. The second kappa shape index (κ2) is 5.84. The Hall–Kier alpha value is -2.20. The first kappa shape index (κ1) is 15.9. The lowest BCUT2D eigenvalue weighted by atomic mass is 10.2. The average molecular weight is 302 g/mol. The molecular formula is C10H14N4O5S. The monoisotopic (exact) mass is 302 g/mol. The van der Waals surface area contributed by atoms with E-state index in [9.17, 15) is 23.3 Å². The molecule has 0 aliphatic rings. The van der Waals surface area contributed by atoms with Crippen LogP contribution in [0.3, 0.4) is 0 Å². The molecule has 0 saturated carbocycles. The minimum atomic E-state index is -4.08. The zero-order chi connectivity index (χ0) is 15.5. The summed E-state index contributed by atoms with van der Waals surface area (Å²) in [6, 6.07) is 2.33. The number of nitrogens with two attached hydrogens (primary N) is 2. The van der Waals surface area contributed by atoms with Crippen LogP contribution in [0.5, 0.6) is 0 Å². The van der Waals surface area contributed by atoms with Crippen LogP contribution in [-0.2, 0) is 14.8 Å². The van der Waals surface area contributed by atoms with E-state index in [4.69, 9.17) is 11.5 Å². The number of non-ortho nitro benzene ring substituents is 1. The molecule has 0 aromatic heterocycles. The summed E-state index contributed by atoms with van der Waals surface area (Å²) in [5.41, 5.74) is 9.95. The molecule has 10 heteroatoms. The zero-order valence-electron chi connectivity index (χ0n) is 10.6. The molecular weight excluding hydrogens is 288 g/mol. The van der Waals surface area contributed by atoms with Crippen molar-refractivity contribution in [3.63, 3.8) is 0 Å². The number of benzene rings is 1. The predicted octanol–water partition coefficient (Wildman–Crippen LogP) is -0.281. The van der Waals surface area contributed by atoms with E-state index < -0.39 is 37.5 Å². The lowest BCUT2D eigenvalue weighted by molar-refractivity contribution is -0.385. The first-order chi connectivity index (χ1) is 9.13. The zero-order valence-corrected chi connectivity index (χ0v) is 11.4. The normalized spacial score (nSPS) is 12.8. The summed E-state index contributed by atoms with van der Waals surface area (Å²) in [5.74, 6) is -0.674. The standard InChI is InChI=1S/C10H14N4O5S/c1-6(4-10(12)15)13-20(18,19)9-5-7(14(16)17)2-3-8(9)11/h2-3,5-6,13H,4,11H2,1H3,(H2,12,15). The fourth-order valence-corrected chi connectivity index (χ4v) is 2.94. The van der Waals surface area contributed by atoms with Crippen LogP contribution in [0, 0.1) is 10.1 Å². The second-order valence-electron chi connectivity index (χ2n) is 4.17. The Bertz CT molecular complexity index is 643. The van der Waals surface area contributed by atoms with Gasteiger partial charge in [0.05, 0.1) is 10.6 Å². The van der Waals surface area contributed by atoms with Crippen molar-refractivity contribution in [2.75, 3.05) is 5.73 Å². The molecule has 0 radical (unpaired) electrons. The first-order valence-corrected chi connectivity index (χ1v) is 6.96. The average Bonchev–Trinajstić information content (AvgIpc) is 2.26. The molecule has 1 unspecified atom stereocenters. The van der Waals surface area contributed by atoms with Crippen molar-refractivity contribution in [2.45, 2.75) is 24.3 Å². The number of nitro groups is 1. The maximum Gasteiger partial charge on any atom is 0.270 e. The smallest absolute Gasteiger partial charge is 0.270 e. The van der Waals surface area contributed by atoms with Crippen LogP contribution in [0.25, 0.3) is 0 Å². The Balaban J connectivity index is 3.12. The van der Waals surface area contributed by atoms with Gasteiger partial charge in [-0.1, -0.05) is 0 Å². The highest BCUT2D eigenvalue weighted by molar-refractivity contribution is 7.89. The first-order valence-electron chi connectivity index (χ1n) is 5.48. The van der Waals surface area contributed by atoms with Gasteiger partial charge in [0.2, 0.25) is 15.9 Å². The van der Waals surface area contributed by atoms with Gasteiger partial charge in [-0.05, 0) is 13.0 Å².